The highest BCUT2D eigenvalue weighted by Gasteiger charge is 2.12. The van der Waals surface area contributed by atoms with Crippen LogP contribution in [0.1, 0.15) is 21.1 Å². The Hall–Kier alpha value is -1.04. The summed E-state index contributed by atoms with van der Waals surface area (Å²) >= 11 is 2.93. The van der Waals surface area contributed by atoms with Crippen molar-refractivity contribution in [3.05, 3.63) is 38.5 Å². The van der Waals surface area contributed by atoms with Crippen molar-refractivity contribution in [1.82, 2.24) is 4.98 Å². The number of aromatic nitrogens is 1. The standard InChI is InChI=1S/C9H8N2OS2/c10-3-8-11-7(5-14-8)9(12)6-1-2-13-4-6/h1-2,4-5H,3,10H2. The quantitative estimate of drug-likeness (QED) is 0.810. The molecule has 2 N–H and O–H groups in total. The van der Waals surface area contributed by atoms with Crippen molar-refractivity contribution < 1.29 is 4.79 Å². The minimum absolute atomic E-state index is 0.0257. The lowest BCUT2D eigenvalue weighted by Gasteiger charge is -1.90. The van der Waals surface area contributed by atoms with Gasteiger partial charge in [-0.15, -0.1) is 11.3 Å². The number of nitrogens with zero attached hydrogens (tertiary/aromatic N) is 1. The molecule has 0 bridgehead atoms. The Morgan fingerprint density at radius 2 is 2.36 bits per heavy atom. The topological polar surface area (TPSA) is 56.0 Å². The molecule has 72 valence electrons. The van der Waals surface area contributed by atoms with E-state index < -0.39 is 0 Å². The summed E-state index contributed by atoms with van der Waals surface area (Å²) in [5.41, 5.74) is 6.61. The highest BCUT2D eigenvalue weighted by molar-refractivity contribution is 7.10. The number of ketones is 1. The van der Waals surface area contributed by atoms with Crippen molar-refractivity contribution in [3.8, 4) is 0 Å². The average molecular weight is 224 g/mol. The van der Waals surface area contributed by atoms with Crippen LogP contribution >= 0.6 is 22.7 Å². The molecule has 14 heavy (non-hydrogen) atoms. The monoisotopic (exact) mass is 224 g/mol. The van der Waals surface area contributed by atoms with E-state index in [-0.39, 0.29) is 5.78 Å². The molecule has 2 aromatic rings. The third kappa shape index (κ3) is 1.75. The number of carbonyl (C=O) groups is 1. The van der Waals surface area contributed by atoms with Gasteiger partial charge >= 0.3 is 0 Å². The second-order valence-electron chi connectivity index (χ2n) is 2.67. The van der Waals surface area contributed by atoms with E-state index in [1.807, 2.05) is 10.8 Å². The summed E-state index contributed by atoms with van der Waals surface area (Å²) in [7, 11) is 0. The fraction of sp³-hybridized carbons (Fsp3) is 0.111. The third-order valence-corrected chi connectivity index (χ3v) is 3.30. The molecule has 0 aliphatic heterocycles. The maximum absolute atomic E-state index is 11.7. The van der Waals surface area contributed by atoms with Crippen LogP contribution in [0.15, 0.2) is 22.2 Å². The lowest BCUT2D eigenvalue weighted by atomic mass is 10.2. The smallest absolute Gasteiger partial charge is 0.213 e. The van der Waals surface area contributed by atoms with Gasteiger partial charge in [0.1, 0.15) is 10.7 Å². The molecule has 5 heteroatoms. The van der Waals surface area contributed by atoms with E-state index in [2.05, 4.69) is 4.98 Å². The normalized spacial score (nSPS) is 10.4. The molecule has 2 rings (SSSR count). The SMILES string of the molecule is NCc1nc(C(=O)c2ccsc2)cs1. The van der Waals surface area contributed by atoms with Gasteiger partial charge in [0.2, 0.25) is 5.78 Å². The van der Waals surface area contributed by atoms with Crippen molar-refractivity contribution >= 4 is 28.5 Å². The molecule has 0 atom stereocenters. The van der Waals surface area contributed by atoms with Crippen LogP contribution in [-0.2, 0) is 6.54 Å². The Balaban J connectivity index is 2.28. The number of thiazole rings is 1. The molecule has 0 amide bonds. The van der Waals surface area contributed by atoms with Gasteiger partial charge in [-0.1, -0.05) is 0 Å². The zero-order chi connectivity index (χ0) is 9.97. The second-order valence-corrected chi connectivity index (χ2v) is 4.39. The van der Waals surface area contributed by atoms with Crippen LogP contribution in [0.2, 0.25) is 0 Å². The van der Waals surface area contributed by atoms with Crippen molar-refractivity contribution in [2.45, 2.75) is 6.54 Å². The molecule has 0 aliphatic rings. The fourth-order valence-corrected chi connectivity index (χ4v) is 2.34. The number of carbonyl (C=O) groups excluding carboxylic acids is 1. The first-order valence-electron chi connectivity index (χ1n) is 4.02. The van der Waals surface area contributed by atoms with Gasteiger partial charge in [-0.05, 0) is 11.4 Å². The molecule has 0 saturated carbocycles. The number of hydrogen-bond donors (Lipinski definition) is 1. The molecular weight excluding hydrogens is 216 g/mol. The molecule has 2 heterocycles. The number of rotatable bonds is 3. The third-order valence-electron chi connectivity index (χ3n) is 1.74. The molecule has 2 aromatic heterocycles. The average Bonchev–Trinajstić information content (AvgIpc) is 2.88. The van der Waals surface area contributed by atoms with Gasteiger partial charge < -0.3 is 5.73 Å². The second kappa shape index (κ2) is 4.00. The van der Waals surface area contributed by atoms with Crippen molar-refractivity contribution in [1.29, 1.82) is 0 Å². The molecular formula is C9H8N2OS2. The molecule has 0 unspecified atom stereocenters. The fourth-order valence-electron chi connectivity index (χ4n) is 1.05. The van der Waals surface area contributed by atoms with Crippen LogP contribution < -0.4 is 5.73 Å². The van der Waals surface area contributed by atoms with E-state index >= 15 is 0 Å². The Kier molecular flexibility index (Phi) is 2.72. The Bertz CT molecular complexity index is 433. The number of thiophene rings is 1. The summed E-state index contributed by atoms with van der Waals surface area (Å²) in [6, 6.07) is 1.80. The van der Waals surface area contributed by atoms with Crippen LogP contribution in [0.5, 0.6) is 0 Å². The maximum Gasteiger partial charge on any atom is 0.213 e. The zero-order valence-corrected chi connectivity index (χ0v) is 8.90. The summed E-state index contributed by atoms with van der Waals surface area (Å²) in [5.74, 6) is -0.0257. The number of nitrogens with two attached hydrogens (primary N) is 1. The molecule has 0 radical (unpaired) electrons. The Labute approximate surface area is 89.2 Å². The molecule has 3 nitrogen and oxygen atoms in total. The predicted molar refractivity (Wildman–Crippen MR) is 57.8 cm³/mol. The molecule has 0 aliphatic carbocycles. The van der Waals surface area contributed by atoms with Gasteiger partial charge in [0.05, 0.1) is 0 Å². The maximum atomic E-state index is 11.7. The van der Waals surface area contributed by atoms with E-state index in [4.69, 9.17) is 5.73 Å². The first kappa shape index (κ1) is 9.51. The molecule has 0 fully saturated rings. The number of hydrogen-bond acceptors (Lipinski definition) is 5. The summed E-state index contributed by atoms with van der Waals surface area (Å²) < 4.78 is 0. The summed E-state index contributed by atoms with van der Waals surface area (Å²) in [6.45, 7) is 0.390. The summed E-state index contributed by atoms with van der Waals surface area (Å²) in [5, 5.41) is 6.25. The van der Waals surface area contributed by atoms with E-state index in [0.29, 0.717) is 17.8 Å². The molecule has 0 aromatic carbocycles. The van der Waals surface area contributed by atoms with E-state index in [1.165, 1.54) is 22.7 Å². The molecule has 0 saturated heterocycles. The van der Waals surface area contributed by atoms with Crippen molar-refractivity contribution in [3.63, 3.8) is 0 Å². The predicted octanol–water partition coefficient (Wildman–Crippen LogP) is 1.89. The lowest BCUT2D eigenvalue weighted by molar-refractivity contribution is 0.103. The van der Waals surface area contributed by atoms with Gasteiger partial charge in [0.15, 0.2) is 0 Å². The Morgan fingerprint density at radius 1 is 1.50 bits per heavy atom. The van der Waals surface area contributed by atoms with Crippen molar-refractivity contribution in [2.75, 3.05) is 0 Å². The van der Waals surface area contributed by atoms with Crippen LogP contribution in [0, 0.1) is 0 Å². The first-order valence-corrected chi connectivity index (χ1v) is 5.85. The van der Waals surface area contributed by atoms with Gasteiger partial charge in [-0.3, -0.25) is 4.79 Å². The van der Waals surface area contributed by atoms with Crippen LogP contribution in [-0.4, -0.2) is 10.8 Å². The van der Waals surface area contributed by atoms with Crippen LogP contribution in [0.3, 0.4) is 0 Å². The highest BCUT2D eigenvalue weighted by Crippen LogP contribution is 2.15. The van der Waals surface area contributed by atoms with E-state index in [1.54, 1.807) is 11.4 Å². The zero-order valence-electron chi connectivity index (χ0n) is 7.27. The largest absolute Gasteiger partial charge is 0.325 e. The first-order chi connectivity index (χ1) is 6.81. The van der Waals surface area contributed by atoms with Crippen LogP contribution in [0.25, 0.3) is 0 Å². The van der Waals surface area contributed by atoms with Gasteiger partial charge in [-0.25, -0.2) is 4.98 Å². The van der Waals surface area contributed by atoms with Gasteiger partial charge in [-0.2, -0.15) is 11.3 Å². The highest BCUT2D eigenvalue weighted by atomic mass is 32.1. The minimum atomic E-state index is -0.0257. The van der Waals surface area contributed by atoms with Crippen LogP contribution in [0.4, 0.5) is 0 Å². The van der Waals surface area contributed by atoms with Crippen molar-refractivity contribution in [2.24, 2.45) is 5.73 Å². The van der Waals surface area contributed by atoms with Gasteiger partial charge in [0.25, 0.3) is 0 Å². The summed E-state index contributed by atoms with van der Waals surface area (Å²) in [6.07, 6.45) is 0. The van der Waals surface area contributed by atoms with E-state index in [0.717, 1.165) is 5.01 Å². The Morgan fingerprint density at radius 3 is 2.93 bits per heavy atom. The van der Waals surface area contributed by atoms with Gasteiger partial charge in [0, 0.05) is 22.9 Å². The summed E-state index contributed by atoms with van der Waals surface area (Å²) in [4.78, 5) is 15.9. The minimum Gasteiger partial charge on any atom is -0.325 e. The lowest BCUT2D eigenvalue weighted by Crippen LogP contribution is -2.01. The molecule has 0 spiro atoms. The van der Waals surface area contributed by atoms with E-state index in [9.17, 15) is 4.79 Å².